The van der Waals surface area contributed by atoms with Crippen LogP contribution >= 0.6 is 0 Å². The molecule has 0 saturated heterocycles. The maximum absolute atomic E-state index is 13.5. The molecule has 0 atom stereocenters. The van der Waals surface area contributed by atoms with E-state index in [1.54, 1.807) is 0 Å². The second-order valence-corrected chi connectivity index (χ2v) is 4.77. The van der Waals surface area contributed by atoms with E-state index >= 15 is 0 Å². The summed E-state index contributed by atoms with van der Waals surface area (Å²) >= 11 is 0. The number of nitrogens with zero attached hydrogens (tertiary/aromatic N) is 2. The number of hydrogen-bond acceptors (Lipinski definition) is 3. The number of hydrogen-bond donors (Lipinski definition) is 1. The average Bonchev–Trinajstić information content (AvgIpc) is 2.36. The lowest BCUT2D eigenvalue weighted by Crippen LogP contribution is -2.24. The molecule has 106 valence electrons. The van der Waals surface area contributed by atoms with E-state index in [1.807, 2.05) is 13.8 Å². The summed E-state index contributed by atoms with van der Waals surface area (Å²) in [6.45, 7) is 3.77. The van der Waals surface area contributed by atoms with Crippen molar-refractivity contribution in [1.82, 2.24) is 9.78 Å². The minimum atomic E-state index is -0.565. The van der Waals surface area contributed by atoms with E-state index in [2.05, 4.69) is 10.4 Å². The summed E-state index contributed by atoms with van der Waals surface area (Å²) in [5, 5.41) is 7.00. The molecule has 0 aliphatic heterocycles. The van der Waals surface area contributed by atoms with Gasteiger partial charge in [-0.25, -0.2) is 13.5 Å². The highest BCUT2D eigenvalue weighted by Crippen LogP contribution is 2.10. The van der Waals surface area contributed by atoms with Crippen LogP contribution in [0, 0.1) is 11.6 Å². The molecule has 0 fully saturated rings. The van der Waals surface area contributed by atoms with E-state index in [1.165, 1.54) is 12.3 Å². The Bertz CT molecular complexity index is 668. The van der Waals surface area contributed by atoms with Crippen LogP contribution in [0.15, 0.2) is 35.3 Å². The first kappa shape index (κ1) is 14.2. The predicted molar refractivity (Wildman–Crippen MR) is 72.7 cm³/mol. The van der Waals surface area contributed by atoms with Crippen LogP contribution in [0.4, 0.5) is 14.5 Å². The number of halogens is 2. The second-order valence-electron chi connectivity index (χ2n) is 4.77. The molecular formula is C14H15F2N3O. The Hall–Kier alpha value is -2.24. The standard InChI is InChI=1S/C14H15F2N3O/c1-9(2)18-12-6-14(20)19(17-7-12)8-10-5-11(15)3-4-13(10)16/h3-7,9,18H,8H2,1-2H3. The Morgan fingerprint density at radius 3 is 2.70 bits per heavy atom. The third-order valence-electron chi connectivity index (χ3n) is 2.65. The molecule has 6 heteroatoms. The summed E-state index contributed by atoms with van der Waals surface area (Å²) in [4.78, 5) is 11.9. The quantitative estimate of drug-likeness (QED) is 0.934. The smallest absolute Gasteiger partial charge is 0.269 e. The molecule has 0 saturated carbocycles. The lowest BCUT2D eigenvalue weighted by atomic mass is 10.2. The molecule has 1 aromatic carbocycles. The fourth-order valence-electron chi connectivity index (χ4n) is 1.79. The van der Waals surface area contributed by atoms with Gasteiger partial charge in [-0.2, -0.15) is 5.10 Å². The third kappa shape index (κ3) is 3.40. The monoisotopic (exact) mass is 279 g/mol. The molecule has 0 amide bonds. The highest BCUT2D eigenvalue weighted by atomic mass is 19.1. The van der Waals surface area contributed by atoms with Gasteiger partial charge in [0, 0.05) is 17.7 Å². The molecule has 0 aliphatic rings. The number of anilines is 1. The lowest BCUT2D eigenvalue weighted by molar-refractivity contribution is 0.557. The van der Waals surface area contributed by atoms with Crippen molar-refractivity contribution < 1.29 is 8.78 Å². The summed E-state index contributed by atoms with van der Waals surface area (Å²) in [5.41, 5.74) is 0.310. The normalized spacial score (nSPS) is 10.8. The Morgan fingerprint density at radius 2 is 2.05 bits per heavy atom. The zero-order valence-electron chi connectivity index (χ0n) is 11.2. The van der Waals surface area contributed by atoms with Crippen LogP contribution in [0.3, 0.4) is 0 Å². The van der Waals surface area contributed by atoms with Gasteiger partial charge in [0.25, 0.3) is 5.56 Å². The van der Waals surface area contributed by atoms with E-state index in [4.69, 9.17) is 0 Å². The van der Waals surface area contributed by atoms with Gasteiger partial charge in [-0.3, -0.25) is 4.79 Å². The summed E-state index contributed by atoms with van der Waals surface area (Å²) in [7, 11) is 0. The largest absolute Gasteiger partial charge is 0.381 e. The molecule has 1 N–H and O–H groups in total. The molecule has 4 nitrogen and oxygen atoms in total. The topological polar surface area (TPSA) is 46.9 Å². The van der Waals surface area contributed by atoms with Crippen LogP contribution < -0.4 is 10.9 Å². The minimum absolute atomic E-state index is 0.0872. The van der Waals surface area contributed by atoms with Gasteiger partial charge in [0.15, 0.2) is 0 Å². The minimum Gasteiger partial charge on any atom is -0.381 e. The summed E-state index contributed by atoms with van der Waals surface area (Å²) in [6, 6.07) is 4.68. The Labute approximate surface area is 115 Å². The first-order valence-electron chi connectivity index (χ1n) is 6.23. The first-order chi connectivity index (χ1) is 9.45. The van der Waals surface area contributed by atoms with Crippen molar-refractivity contribution >= 4 is 5.69 Å². The molecular weight excluding hydrogens is 264 g/mol. The molecule has 0 unspecified atom stereocenters. The van der Waals surface area contributed by atoms with Crippen LogP contribution in [0.25, 0.3) is 0 Å². The van der Waals surface area contributed by atoms with Gasteiger partial charge in [-0.05, 0) is 32.0 Å². The number of nitrogens with one attached hydrogen (secondary N) is 1. The fourth-order valence-corrected chi connectivity index (χ4v) is 1.79. The van der Waals surface area contributed by atoms with Crippen molar-refractivity contribution in [1.29, 1.82) is 0 Å². The van der Waals surface area contributed by atoms with Gasteiger partial charge in [0.1, 0.15) is 11.6 Å². The summed E-state index contributed by atoms with van der Waals surface area (Å²) in [5.74, 6) is -1.11. The summed E-state index contributed by atoms with van der Waals surface area (Å²) < 4.78 is 27.7. The van der Waals surface area contributed by atoms with Gasteiger partial charge < -0.3 is 5.32 Å². The molecule has 1 heterocycles. The van der Waals surface area contributed by atoms with Crippen LogP contribution in [0.1, 0.15) is 19.4 Å². The van der Waals surface area contributed by atoms with Gasteiger partial charge in [-0.15, -0.1) is 0 Å². The number of aromatic nitrogens is 2. The van der Waals surface area contributed by atoms with Crippen molar-refractivity contribution in [3.05, 3.63) is 58.0 Å². The van der Waals surface area contributed by atoms with Gasteiger partial charge in [0.2, 0.25) is 0 Å². The third-order valence-corrected chi connectivity index (χ3v) is 2.65. The Morgan fingerprint density at radius 1 is 1.30 bits per heavy atom. The van der Waals surface area contributed by atoms with Crippen molar-refractivity contribution in [3.63, 3.8) is 0 Å². The zero-order valence-corrected chi connectivity index (χ0v) is 11.2. The van der Waals surface area contributed by atoms with Crippen LogP contribution in [-0.4, -0.2) is 15.8 Å². The van der Waals surface area contributed by atoms with Crippen molar-refractivity contribution in [2.45, 2.75) is 26.4 Å². The van der Waals surface area contributed by atoms with E-state index < -0.39 is 11.6 Å². The van der Waals surface area contributed by atoms with Crippen LogP contribution in [0.5, 0.6) is 0 Å². The molecule has 0 aliphatic carbocycles. The van der Waals surface area contributed by atoms with E-state index in [0.29, 0.717) is 5.69 Å². The van der Waals surface area contributed by atoms with Crippen molar-refractivity contribution in [2.75, 3.05) is 5.32 Å². The predicted octanol–water partition coefficient (Wildman–Crippen LogP) is 2.39. The highest BCUT2D eigenvalue weighted by molar-refractivity contribution is 5.39. The molecule has 0 spiro atoms. The zero-order chi connectivity index (χ0) is 14.7. The van der Waals surface area contributed by atoms with Crippen LogP contribution in [0.2, 0.25) is 0 Å². The number of rotatable bonds is 4. The Kier molecular flexibility index (Phi) is 4.12. The van der Waals surface area contributed by atoms with E-state index in [9.17, 15) is 13.6 Å². The molecule has 0 radical (unpaired) electrons. The summed E-state index contributed by atoms with van der Waals surface area (Å²) in [6.07, 6.45) is 1.48. The molecule has 20 heavy (non-hydrogen) atoms. The van der Waals surface area contributed by atoms with Gasteiger partial charge in [0.05, 0.1) is 18.4 Å². The molecule has 1 aromatic heterocycles. The molecule has 2 aromatic rings. The highest BCUT2D eigenvalue weighted by Gasteiger charge is 2.07. The second kappa shape index (κ2) is 5.81. The average molecular weight is 279 g/mol. The van der Waals surface area contributed by atoms with Gasteiger partial charge in [-0.1, -0.05) is 0 Å². The van der Waals surface area contributed by atoms with E-state index in [-0.39, 0.29) is 23.7 Å². The fraction of sp³-hybridized carbons (Fsp3) is 0.286. The van der Waals surface area contributed by atoms with Gasteiger partial charge >= 0.3 is 0 Å². The maximum atomic E-state index is 13.5. The number of benzene rings is 1. The van der Waals surface area contributed by atoms with E-state index in [0.717, 1.165) is 22.9 Å². The SMILES string of the molecule is CC(C)Nc1cnn(Cc2cc(F)ccc2F)c(=O)c1. The lowest BCUT2D eigenvalue weighted by Gasteiger charge is -2.10. The molecule has 0 bridgehead atoms. The molecule has 2 rings (SSSR count). The maximum Gasteiger partial charge on any atom is 0.269 e. The first-order valence-corrected chi connectivity index (χ1v) is 6.23. The Balaban J connectivity index is 2.26. The van der Waals surface area contributed by atoms with Crippen molar-refractivity contribution in [2.24, 2.45) is 0 Å². The van der Waals surface area contributed by atoms with Crippen molar-refractivity contribution in [3.8, 4) is 0 Å². The van der Waals surface area contributed by atoms with Crippen LogP contribution in [-0.2, 0) is 6.54 Å².